The number of amides is 2. The minimum atomic E-state index is -0.726. The van der Waals surface area contributed by atoms with Crippen molar-refractivity contribution in [3.05, 3.63) is 30.1 Å². The number of benzene rings is 1. The quantitative estimate of drug-likeness (QED) is 0.305. The summed E-state index contributed by atoms with van der Waals surface area (Å²) in [6.45, 7) is 5.49. The Morgan fingerprint density at radius 3 is 2.56 bits per heavy atom. The number of fused-ring (bicyclic) bond motifs is 1. The van der Waals surface area contributed by atoms with Gasteiger partial charge in [-0.25, -0.2) is 19.7 Å². The molecule has 0 unspecified atom stereocenters. The smallest absolute Gasteiger partial charge is 0.321 e. The third-order valence-corrected chi connectivity index (χ3v) is 7.51. The molecule has 1 aliphatic heterocycles. The zero-order valence-corrected chi connectivity index (χ0v) is 21.3. The maximum Gasteiger partial charge on any atom is 0.321 e. The van der Waals surface area contributed by atoms with Crippen LogP contribution in [0.25, 0.3) is 21.3 Å². The number of carboxylic acid groups (broad SMARTS) is 1. The highest BCUT2D eigenvalue weighted by atomic mass is 32.1. The van der Waals surface area contributed by atoms with Crippen LogP contribution in [0.4, 0.5) is 15.9 Å². The average Bonchev–Trinajstić information content (AvgIpc) is 3.29. The van der Waals surface area contributed by atoms with Crippen molar-refractivity contribution in [3.8, 4) is 11.1 Å². The first-order chi connectivity index (χ1) is 17.4. The van der Waals surface area contributed by atoms with E-state index in [0.29, 0.717) is 55.5 Å². The molecule has 1 aliphatic rings. The molecule has 3 aromatic rings. The number of anilines is 2. The van der Waals surface area contributed by atoms with Gasteiger partial charge in [0.05, 0.1) is 21.8 Å². The summed E-state index contributed by atoms with van der Waals surface area (Å²) in [5.74, 6) is -0.145. The van der Waals surface area contributed by atoms with Gasteiger partial charge in [0.1, 0.15) is 7.11 Å². The second kappa shape index (κ2) is 10.9. The Kier molecular flexibility index (Phi) is 7.63. The van der Waals surface area contributed by atoms with E-state index in [1.165, 1.54) is 18.4 Å². The second-order valence-corrected chi connectivity index (χ2v) is 9.53. The van der Waals surface area contributed by atoms with E-state index in [-0.39, 0.29) is 6.03 Å². The molecular formula is C24H29N7O4S. The summed E-state index contributed by atoms with van der Waals surface area (Å²) in [6.07, 6.45) is 6.85. The van der Waals surface area contributed by atoms with Crippen molar-refractivity contribution in [3.63, 3.8) is 0 Å². The molecule has 36 heavy (non-hydrogen) atoms. The number of carbonyl (C=O) groups is 2. The molecule has 0 spiro atoms. The molecule has 0 bridgehead atoms. The zero-order chi connectivity index (χ0) is 25.7. The molecule has 0 radical (unpaired) electrons. The van der Waals surface area contributed by atoms with Crippen molar-refractivity contribution in [2.24, 2.45) is 10.6 Å². The van der Waals surface area contributed by atoms with Crippen molar-refractivity contribution in [2.45, 2.75) is 33.1 Å². The molecule has 1 aromatic carbocycles. The number of nitrogens with zero attached hydrogens (tertiary/aromatic N) is 5. The molecule has 3 heterocycles. The van der Waals surface area contributed by atoms with Crippen LogP contribution < -0.4 is 15.5 Å². The van der Waals surface area contributed by atoms with Crippen molar-refractivity contribution in [2.75, 3.05) is 37.0 Å². The minimum Gasteiger partial charge on any atom is -0.481 e. The Morgan fingerprint density at radius 2 is 1.94 bits per heavy atom. The van der Waals surface area contributed by atoms with E-state index in [1.54, 1.807) is 18.6 Å². The van der Waals surface area contributed by atoms with Crippen molar-refractivity contribution < 1.29 is 19.5 Å². The molecule has 11 nitrogen and oxygen atoms in total. The van der Waals surface area contributed by atoms with Gasteiger partial charge >= 0.3 is 12.0 Å². The Morgan fingerprint density at radius 1 is 1.22 bits per heavy atom. The lowest BCUT2D eigenvalue weighted by molar-refractivity contribution is -0.150. The van der Waals surface area contributed by atoms with E-state index in [0.717, 1.165) is 21.4 Å². The normalized spacial score (nSPS) is 15.2. The van der Waals surface area contributed by atoms with E-state index in [9.17, 15) is 14.7 Å². The highest BCUT2D eigenvalue weighted by molar-refractivity contribution is 7.22. The van der Waals surface area contributed by atoms with E-state index in [1.807, 2.05) is 30.9 Å². The second-order valence-electron chi connectivity index (χ2n) is 8.53. The molecule has 12 heteroatoms. The summed E-state index contributed by atoms with van der Waals surface area (Å²) in [5.41, 5.74) is 2.46. The lowest BCUT2D eigenvalue weighted by Crippen LogP contribution is -2.44. The van der Waals surface area contributed by atoms with Crippen LogP contribution in [-0.4, -0.2) is 65.0 Å². The average molecular weight is 512 g/mol. The number of aromatic nitrogens is 3. The van der Waals surface area contributed by atoms with Crippen LogP contribution >= 0.6 is 11.3 Å². The molecule has 0 aliphatic carbocycles. The molecule has 4 rings (SSSR count). The van der Waals surface area contributed by atoms with Gasteiger partial charge < -0.3 is 20.2 Å². The van der Waals surface area contributed by atoms with Gasteiger partial charge in [0, 0.05) is 43.2 Å². The Balaban J connectivity index is 1.58. The predicted octanol–water partition coefficient (Wildman–Crippen LogP) is 3.96. The minimum absolute atomic E-state index is 0.315. The van der Waals surface area contributed by atoms with Gasteiger partial charge in [-0.1, -0.05) is 23.4 Å². The number of hydrogen-bond donors (Lipinski definition) is 3. The number of thiazole rings is 1. The molecule has 1 saturated heterocycles. The van der Waals surface area contributed by atoms with Crippen LogP contribution in [0.3, 0.4) is 0 Å². The largest absolute Gasteiger partial charge is 0.481 e. The number of piperidine rings is 1. The van der Waals surface area contributed by atoms with Crippen molar-refractivity contribution in [1.29, 1.82) is 0 Å². The summed E-state index contributed by atoms with van der Waals surface area (Å²) >= 11 is 1.35. The molecule has 2 aromatic heterocycles. The topological polar surface area (TPSA) is 142 Å². The first-order valence-electron chi connectivity index (χ1n) is 11.8. The first-order valence-corrected chi connectivity index (χ1v) is 12.6. The lowest BCUT2D eigenvalue weighted by Gasteiger charge is -2.38. The fourth-order valence-electron chi connectivity index (χ4n) is 4.27. The van der Waals surface area contributed by atoms with E-state index in [4.69, 9.17) is 4.84 Å². The fraction of sp³-hybridized carbons (Fsp3) is 0.417. The van der Waals surface area contributed by atoms with E-state index < -0.39 is 11.4 Å². The summed E-state index contributed by atoms with van der Waals surface area (Å²) < 4.78 is 0.857. The van der Waals surface area contributed by atoms with Gasteiger partial charge in [-0.15, -0.1) is 0 Å². The Labute approximate surface area is 212 Å². The van der Waals surface area contributed by atoms with Gasteiger partial charge in [0.25, 0.3) is 0 Å². The number of aliphatic carboxylic acids is 1. The number of carboxylic acids is 1. The third kappa shape index (κ3) is 5.23. The predicted molar refractivity (Wildman–Crippen MR) is 140 cm³/mol. The number of oxime groups is 1. The monoisotopic (exact) mass is 511 g/mol. The highest BCUT2D eigenvalue weighted by Crippen LogP contribution is 2.36. The Bertz CT molecular complexity index is 1270. The van der Waals surface area contributed by atoms with E-state index >= 15 is 0 Å². The van der Waals surface area contributed by atoms with Gasteiger partial charge in [-0.05, 0) is 43.9 Å². The maximum atomic E-state index is 11.9. The fourth-order valence-corrected chi connectivity index (χ4v) is 5.19. The molecule has 190 valence electrons. The number of hydrogen-bond acceptors (Lipinski definition) is 9. The van der Waals surface area contributed by atoms with Crippen LogP contribution in [0.2, 0.25) is 0 Å². The Hall–Kier alpha value is -3.80. The number of carbonyl (C=O) groups excluding carboxylic acids is 1. The summed E-state index contributed by atoms with van der Waals surface area (Å²) in [4.78, 5) is 44.2. The van der Waals surface area contributed by atoms with Crippen LogP contribution in [0.15, 0.2) is 29.7 Å². The molecule has 0 atom stereocenters. The van der Waals surface area contributed by atoms with Crippen LogP contribution in [0.1, 0.15) is 38.7 Å². The maximum absolute atomic E-state index is 11.9. The van der Waals surface area contributed by atoms with Gasteiger partial charge in [0.15, 0.2) is 5.13 Å². The van der Waals surface area contributed by atoms with Crippen LogP contribution in [0, 0.1) is 5.41 Å². The number of urea groups is 1. The van der Waals surface area contributed by atoms with Crippen molar-refractivity contribution in [1.82, 2.24) is 20.3 Å². The highest BCUT2D eigenvalue weighted by Gasteiger charge is 2.40. The summed E-state index contributed by atoms with van der Waals surface area (Å²) in [6, 6.07) is 3.55. The SMILES string of the molecule is CCNC(=O)Nc1nc2cc(-c3cnc(N4CCC(CC)(C(=O)O)CC4)nc3)cc(C=NOC)c2s1. The van der Waals surface area contributed by atoms with E-state index in [2.05, 4.69) is 30.7 Å². The molecule has 0 saturated carbocycles. The van der Waals surface area contributed by atoms with Crippen LogP contribution in [-0.2, 0) is 9.63 Å². The summed E-state index contributed by atoms with van der Waals surface area (Å²) in [7, 11) is 1.47. The first kappa shape index (κ1) is 25.3. The van der Waals surface area contributed by atoms with Crippen molar-refractivity contribution >= 4 is 50.8 Å². The third-order valence-electron chi connectivity index (χ3n) is 6.48. The molecule has 1 fully saturated rings. The lowest BCUT2D eigenvalue weighted by atomic mass is 9.76. The summed E-state index contributed by atoms with van der Waals surface area (Å²) in [5, 5.41) is 19.5. The zero-order valence-electron chi connectivity index (χ0n) is 20.4. The van der Waals surface area contributed by atoms with Gasteiger partial charge in [-0.2, -0.15) is 0 Å². The number of rotatable bonds is 8. The van der Waals surface area contributed by atoms with Gasteiger partial charge in [-0.3, -0.25) is 10.1 Å². The standard InChI is InChI=1S/C24H29N7O4S/c1-4-24(20(32)33)6-8-31(9-7-24)21-26-12-17(13-27-21)15-10-16(14-28-35-3)19-18(11-15)29-23(36-19)30-22(34)25-5-2/h10-14H,4-9H2,1-3H3,(H,32,33)(H2,25,29,30,34). The molecule has 2 amide bonds. The number of nitrogens with one attached hydrogen (secondary N) is 2. The molecule has 3 N–H and O–H groups in total. The van der Waals surface area contributed by atoms with Gasteiger partial charge in [0.2, 0.25) is 5.95 Å². The molecular weight excluding hydrogens is 482 g/mol. The van der Waals surface area contributed by atoms with Crippen LogP contribution in [0.5, 0.6) is 0 Å².